The summed E-state index contributed by atoms with van der Waals surface area (Å²) in [6, 6.07) is 9.56. The Labute approximate surface area is 93.8 Å². The molecule has 0 atom stereocenters. The van der Waals surface area contributed by atoms with E-state index in [0.29, 0.717) is 5.15 Å². The Morgan fingerprint density at radius 3 is 2.67 bits per heavy atom. The van der Waals surface area contributed by atoms with E-state index in [2.05, 4.69) is 4.98 Å². The summed E-state index contributed by atoms with van der Waals surface area (Å²) in [5.41, 5.74) is 0.862. The molecule has 1 aromatic heterocycles. The molecular weight excluding hydrogens is 210 g/mol. The first-order valence-electron chi connectivity index (χ1n) is 4.88. The van der Waals surface area contributed by atoms with Crippen LogP contribution in [0.25, 0.3) is 10.9 Å². The Hall–Kier alpha value is -1.28. The topological polar surface area (TPSA) is 22.1 Å². The van der Waals surface area contributed by atoms with Crippen molar-refractivity contribution in [1.82, 2.24) is 4.98 Å². The van der Waals surface area contributed by atoms with E-state index < -0.39 is 0 Å². The second-order valence-corrected chi connectivity index (χ2v) is 4.04. The van der Waals surface area contributed by atoms with Crippen LogP contribution in [0.1, 0.15) is 13.8 Å². The van der Waals surface area contributed by atoms with Crippen molar-refractivity contribution < 1.29 is 4.74 Å². The number of ether oxygens (including phenoxy) is 1. The molecule has 0 saturated carbocycles. The van der Waals surface area contributed by atoms with E-state index >= 15 is 0 Å². The van der Waals surface area contributed by atoms with Crippen molar-refractivity contribution in [2.75, 3.05) is 0 Å². The molecule has 3 heteroatoms. The maximum absolute atomic E-state index is 5.82. The molecule has 1 heterocycles. The van der Waals surface area contributed by atoms with Crippen LogP contribution in [0.2, 0.25) is 5.15 Å². The molecule has 0 unspecified atom stereocenters. The summed E-state index contributed by atoms with van der Waals surface area (Å²) >= 11 is 5.82. The number of hydrogen-bond donors (Lipinski definition) is 0. The molecule has 0 radical (unpaired) electrons. The van der Waals surface area contributed by atoms with Crippen LogP contribution < -0.4 is 4.74 Å². The molecule has 15 heavy (non-hydrogen) atoms. The van der Waals surface area contributed by atoms with E-state index in [4.69, 9.17) is 16.3 Å². The van der Waals surface area contributed by atoms with E-state index in [0.717, 1.165) is 16.7 Å². The molecule has 2 aromatic rings. The first-order chi connectivity index (χ1) is 7.15. The predicted octanol–water partition coefficient (Wildman–Crippen LogP) is 3.68. The third-order valence-electron chi connectivity index (χ3n) is 2.00. The molecule has 0 bridgehead atoms. The molecule has 0 aliphatic carbocycles. The van der Waals surface area contributed by atoms with Gasteiger partial charge in [0.1, 0.15) is 10.9 Å². The molecule has 2 rings (SSSR count). The summed E-state index contributed by atoms with van der Waals surface area (Å²) in [4.78, 5) is 4.23. The van der Waals surface area contributed by atoms with E-state index in [-0.39, 0.29) is 6.10 Å². The number of pyridine rings is 1. The summed E-state index contributed by atoms with van der Waals surface area (Å²) in [5, 5.41) is 1.57. The van der Waals surface area contributed by atoms with Crippen molar-refractivity contribution in [3.05, 3.63) is 35.5 Å². The van der Waals surface area contributed by atoms with Gasteiger partial charge in [-0.1, -0.05) is 11.6 Å². The van der Waals surface area contributed by atoms with Gasteiger partial charge >= 0.3 is 0 Å². The number of halogens is 1. The van der Waals surface area contributed by atoms with Gasteiger partial charge in [-0.2, -0.15) is 0 Å². The van der Waals surface area contributed by atoms with E-state index in [1.165, 1.54) is 0 Å². The maximum atomic E-state index is 5.82. The standard InChI is InChI=1S/C12H12ClNO/c1-8(2)15-10-5-3-9-4-6-12(13)14-11(9)7-10/h3-8H,1-2H3. The second-order valence-electron chi connectivity index (χ2n) is 3.66. The molecule has 0 N–H and O–H groups in total. The lowest BCUT2D eigenvalue weighted by atomic mass is 10.2. The van der Waals surface area contributed by atoms with Crippen molar-refractivity contribution in [1.29, 1.82) is 0 Å². The average Bonchev–Trinajstić information content (AvgIpc) is 2.16. The Balaban J connectivity index is 2.45. The van der Waals surface area contributed by atoms with Gasteiger partial charge in [-0.3, -0.25) is 0 Å². The second kappa shape index (κ2) is 4.07. The lowest BCUT2D eigenvalue weighted by molar-refractivity contribution is 0.242. The highest BCUT2D eigenvalue weighted by Gasteiger charge is 2.01. The minimum Gasteiger partial charge on any atom is -0.491 e. The largest absolute Gasteiger partial charge is 0.491 e. The van der Waals surface area contributed by atoms with Crippen molar-refractivity contribution in [3.8, 4) is 5.75 Å². The van der Waals surface area contributed by atoms with E-state index in [1.54, 1.807) is 6.07 Å². The van der Waals surface area contributed by atoms with Gasteiger partial charge in [0.25, 0.3) is 0 Å². The Morgan fingerprint density at radius 1 is 1.20 bits per heavy atom. The van der Waals surface area contributed by atoms with Gasteiger partial charge in [0, 0.05) is 11.5 Å². The SMILES string of the molecule is CC(C)Oc1ccc2ccc(Cl)nc2c1. The minimum atomic E-state index is 0.168. The summed E-state index contributed by atoms with van der Waals surface area (Å²) in [5.74, 6) is 0.826. The number of benzene rings is 1. The molecule has 0 aliphatic heterocycles. The molecule has 2 nitrogen and oxygen atoms in total. The van der Waals surface area contributed by atoms with Gasteiger partial charge in [0.2, 0.25) is 0 Å². The van der Waals surface area contributed by atoms with Crippen molar-refractivity contribution in [3.63, 3.8) is 0 Å². The number of fused-ring (bicyclic) bond motifs is 1. The van der Waals surface area contributed by atoms with Crippen LogP contribution in [0.5, 0.6) is 5.75 Å². The zero-order chi connectivity index (χ0) is 10.8. The molecule has 0 spiro atoms. The lowest BCUT2D eigenvalue weighted by Gasteiger charge is -2.09. The van der Waals surface area contributed by atoms with Gasteiger partial charge in [-0.05, 0) is 38.1 Å². The van der Waals surface area contributed by atoms with Gasteiger partial charge in [0.15, 0.2) is 0 Å². The van der Waals surface area contributed by atoms with Crippen molar-refractivity contribution in [2.24, 2.45) is 0 Å². The number of nitrogens with zero attached hydrogens (tertiary/aromatic N) is 1. The molecule has 0 aliphatic rings. The van der Waals surface area contributed by atoms with Gasteiger partial charge in [-0.25, -0.2) is 4.98 Å². The number of rotatable bonds is 2. The van der Waals surface area contributed by atoms with E-state index in [9.17, 15) is 0 Å². The third kappa shape index (κ3) is 2.39. The molecule has 0 saturated heterocycles. The predicted molar refractivity (Wildman–Crippen MR) is 62.5 cm³/mol. The van der Waals surface area contributed by atoms with Crippen LogP contribution >= 0.6 is 11.6 Å². The lowest BCUT2D eigenvalue weighted by Crippen LogP contribution is -2.05. The summed E-state index contributed by atoms with van der Waals surface area (Å²) in [6.07, 6.45) is 0.168. The number of aromatic nitrogens is 1. The zero-order valence-corrected chi connectivity index (χ0v) is 9.45. The Bertz CT molecular complexity index is 482. The fraction of sp³-hybridized carbons (Fsp3) is 0.250. The smallest absolute Gasteiger partial charge is 0.129 e. The minimum absolute atomic E-state index is 0.168. The third-order valence-corrected chi connectivity index (χ3v) is 2.21. The highest BCUT2D eigenvalue weighted by atomic mass is 35.5. The van der Waals surface area contributed by atoms with Crippen LogP contribution in [0.15, 0.2) is 30.3 Å². The molecule has 1 aromatic carbocycles. The molecule has 0 fully saturated rings. The van der Waals surface area contributed by atoms with Crippen molar-refractivity contribution >= 4 is 22.5 Å². The highest BCUT2D eigenvalue weighted by Crippen LogP contribution is 2.21. The van der Waals surface area contributed by atoms with Gasteiger partial charge in [-0.15, -0.1) is 0 Å². The Morgan fingerprint density at radius 2 is 1.93 bits per heavy atom. The van der Waals surface area contributed by atoms with Crippen LogP contribution in [-0.2, 0) is 0 Å². The molecular formula is C12H12ClNO. The summed E-state index contributed by atoms with van der Waals surface area (Å²) in [6.45, 7) is 3.99. The zero-order valence-electron chi connectivity index (χ0n) is 8.70. The first-order valence-corrected chi connectivity index (χ1v) is 5.26. The fourth-order valence-electron chi connectivity index (χ4n) is 1.42. The summed E-state index contributed by atoms with van der Waals surface area (Å²) in [7, 11) is 0. The fourth-order valence-corrected chi connectivity index (χ4v) is 1.57. The highest BCUT2D eigenvalue weighted by molar-refractivity contribution is 6.29. The van der Waals surface area contributed by atoms with Crippen LogP contribution in [0.4, 0.5) is 0 Å². The van der Waals surface area contributed by atoms with Gasteiger partial charge in [0.05, 0.1) is 11.6 Å². The van der Waals surface area contributed by atoms with Crippen molar-refractivity contribution in [2.45, 2.75) is 20.0 Å². The number of hydrogen-bond acceptors (Lipinski definition) is 2. The molecule has 0 amide bonds. The van der Waals surface area contributed by atoms with Gasteiger partial charge < -0.3 is 4.74 Å². The molecule has 78 valence electrons. The average molecular weight is 222 g/mol. The monoisotopic (exact) mass is 221 g/mol. The quantitative estimate of drug-likeness (QED) is 0.722. The normalized spacial score (nSPS) is 10.9. The van der Waals surface area contributed by atoms with Crippen LogP contribution in [-0.4, -0.2) is 11.1 Å². The van der Waals surface area contributed by atoms with Crippen LogP contribution in [0, 0.1) is 0 Å². The van der Waals surface area contributed by atoms with Crippen LogP contribution in [0.3, 0.4) is 0 Å². The van der Waals surface area contributed by atoms with E-state index in [1.807, 2.05) is 38.1 Å². The summed E-state index contributed by atoms with van der Waals surface area (Å²) < 4.78 is 5.58. The maximum Gasteiger partial charge on any atom is 0.129 e. The first kappa shape index (κ1) is 10.2. The Kier molecular flexibility index (Phi) is 2.78.